The highest BCUT2D eigenvalue weighted by atomic mass is 35.5. The van der Waals surface area contributed by atoms with Crippen LogP contribution >= 0.6 is 11.6 Å². The highest BCUT2D eigenvalue weighted by Crippen LogP contribution is 2.28. The summed E-state index contributed by atoms with van der Waals surface area (Å²) in [6.45, 7) is 0.735. The summed E-state index contributed by atoms with van der Waals surface area (Å²) in [4.78, 5) is 29.2. The maximum Gasteiger partial charge on any atom is 0.321 e. The lowest BCUT2D eigenvalue weighted by Gasteiger charge is -2.30. The minimum atomic E-state index is -0.873. The fraction of sp³-hybridized carbons (Fsp3) is 0.278. The maximum absolute atomic E-state index is 12.4. The third kappa shape index (κ3) is 4.43. The van der Waals surface area contributed by atoms with Crippen molar-refractivity contribution in [3.05, 3.63) is 47.6 Å². The van der Waals surface area contributed by atoms with Gasteiger partial charge >= 0.3 is 12.0 Å². The third-order valence-corrected chi connectivity index (χ3v) is 4.41. The molecule has 0 spiro atoms. The minimum Gasteiger partial charge on any atom is -0.481 e. The van der Waals surface area contributed by atoms with Crippen LogP contribution in [0.5, 0.6) is 11.6 Å². The molecule has 0 aliphatic carbocycles. The fourth-order valence-electron chi connectivity index (χ4n) is 2.75. The summed E-state index contributed by atoms with van der Waals surface area (Å²) in [7, 11) is 0. The van der Waals surface area contributed by atoms with Crippen molar-refractivity contribution in [1.29, 1.82) is 0 Å². The number of hydrogen-bond acceptors (Lipinski definition) is 4. The fourth-order valence-corrected chi connectivity index (χ4v) is 2.92. The zero-order valence-electron chi connectivity index (χ0n) is 13.9. The number of aromatic nitrogens is 1. The number of amides is 2. The second kappa shape index (κ2) is 8.05. The van der Waals surface area contributed by atoms with Gasteiger partial charge in [0.05, 0.1) is 10.9 Å². The van der Waals surface area contributed by atoms with Crippen LogP contribution in [0.1, 0.15) is 12.8 Å². The van der Waals surface area contributed by atoms with E-state index in [1.807, 2.05) is 0 Å². The number of urea groups is 1. The topological polar surface area (TPSA) is 91.8 Å². The number of rotatable bonds is 4. The number of hydrogen-bond donors (Lipinski definition) is 2. The van der Waals surface area contributed by atoms with E-state index in [1.54, 1.807) is 36.4 Å². The number of nitrogens with one attached hydrogen (secondary N) is 1. The van der Waals surface area contributed by atoms with Crippen molar-refractivity contribution in [2.75, 3.05) is 18.4 Å². The summed E-state index contributed by atoms with van der Waals surface area (Å²) >= 11 is 6.06. The zero-order chi connectivity index (χ0) is 18.5. The number of benzene rings is 1. The van der Waals surface area contributed by atoms with Gasteiger partial charge in [0.2, 0.25) is 5.88 Å². The van der Waals surface area contributed by atoms with Crippen LogP contribution in [0.4, 0.5) is 10.5 Å². The first-order chi connectivity index (χ1) is 12.5. The molecule has 2 aromatic rings. The number of carboxylic acid groups (broad SMARTS) is 1. The maximum atomic E-state index is 12.4. The number of para-hydroxylation sites is 1. The van der Waals surface area contributed by atoms with Gasteiger partial charge in [-0.25, -0.2) is 9.78 Å². The zero-order valence-corrected chi connectivity index (χ0v) is 14.6. The number of carbonyl (C=O) groups is 2. The van der Waals surface area contributed by atoms with Crippen LogP contribution in [0.25, 0.3) is 0 Å². The highest BCUT2D eigenvalue weighted by Gasteiger charge is 2.28. The second-order valence-electron chi connectivity index (χ2n) is 5.97. The summed E-state index contributed by atoms with van der Waals surface area (Å²) in [5.41, 5.74) is 0.504. The highest BCUT2D eigenvalue weighted by molar-refractivity contribution is 6.32. The molecule has 1 aliphatic rings. The van der Waals surface area contributed by atoms with Gasteiger partial charge in [0.25, 0.3) is 0 Å². The summed E-state index contributed by atoms with van der Waals surface area (Å²) < 4.78 is 5.64. The number of ether oxygens (including phenoxy) is 1. The Morgan fingerprint density at radius 2 is 2.12 bits per heavy atom. The number of aliphatic carboxylic acids is 1. The average molecular weight is 376 g/mol. The number of nitrogens with zero attached hydrogens (tertiary/aromatic N) is 2. The molecule has 2 N–H and O–H groups in total. The molecule has 0 bridgehead atoms. The average Bonchev–Trinajstić information content (AvgIpc) is 2.64. The minimum absolute atomic E-state index is 0.204. The predicted octanol–water partition coefficient (Wildman–Crippen LogP) is 3.86. The van der Waals surface area contributed by atoms with Gasteiger partial charge in [-0.1, -0.05) is 23.7 Å². The standard InChI is InChI=1S/C18H18ClN3O4/c19-14-5-1-2-6-15(14)26-16-10-13(7-8-20-16)21-18(25)22-9-3-4-12(11-22)17(23)24/h1-2,5-8,10,12H,3-4,9,11H2,(H,23,24)(H,20,21,25). The lowest BCUT2D eigenvalue weighted by Crippen LogP contribution is -2.44. The van der Waals surface area contributed by atoms with E-state index in [0.29, 0.717) is 35.8 Å². The van der Waals surface area contributed by atoms with Crippen LogP contribution in [0, 0.1) is 5.92 Å². The van der Waals surface area contributed by atoms with Crippen molar-refractivity contribution in [2.24, 2.45) is 5.92 Å². The van der Waals surface area contributed by atoms with E-state index in [-0.39, 0.29) is 18.5 Å². The molecule has 136 valence electrons. The molecule has 0 radical (unpaired) electrons. The van der Waals surface area contributed by atoms with Crippen molar-refractivity contribution in [3.63, 3.8) is 0 Å². The molecule has 1 aromatic heterocycles. The molecule has 3 rings (SSSR count). The van der Waals surface area contributed by atoms with Crippen LogP contribution in [-0.2, 0) is 4.79 Å². The van der Waals surface area contributed by atoms with E-state index in [0.717, 1.165) is 0 Å². The number of pyridine rings is 1. The van der Waals surface area contributed by atoms with Crippen molar-refractivity contribution < 1.29 is 19.4 Å². The number of piperidine rings is 1. The first kappa shape index (κ1) is 18.0. The van der Waals surface area contributed by atoms with Gasteiger partial charge in [0.1, 0.15) is 5.75 Å². The van der Waals surface area contributed by atoms with Gasteiger partial charge in [-0.2, -0.15) is 0 Å². The molecule has 1 saturated heterocycles. The van der Waals surface area contributed by atoms with E-state index < -0.39 is 11.9 Å². The number of halogens is 1. The normalized spacial score (nSPS) is 16.8. The Bertz CT molecular complexity index is 815. The van der Waals surface area contributed by atoms with Gasteiger partial charge < -0.3 is 20.1 Å². The van der Waals surface area contributed by atoms with E-state index in [1.165, 1.54) is 11.1 Å². The van der Waals surface area contributed by atoms with Crippen LogP contribution in [0.3, 0.4) is 0 Å². The lowest BCUT2D eigenvalue weighted by molar-refractivity contribution is -0.143. The molecule has 1 aliphatic heterocycles. The Hall–Kier alpha value is -2.80. The van der Waals surface area contributed by atoms with Crippen LogP contribution in [0.15, 0.2) is 42.6 Å². The first-order valence-electron chi connectivity index (χ1n) is 8.20. The number of anilines is 1. The SMILES string of the molecule is O=C(O)C1CCCN(C(=O)Nc2ccnc(Oc3ccccc3Cl)c2)C1. The van der Waals surface area contributed by atoms with E-state index in [4.69, 9.17) is 21.4 Å². The summed E-state index contributed by atoms with van der Waals surface area (Å²) in [5.74, 6) is -0.642. The molecule has 0 saturated carbocycles. The van der Waals surface area contributed by atoms with Crippen LogP contribution < -0.4 is 10.1 Å². The smallest absolute Gasteiger partial charge is 0.321 e. The number of carbonyl (C=O) groups excluding carboxylic acids is 1. The summed E-state index contributed by atoms with van der Waals surface area (Å²) in [6, 6.07) is 9.89. The Morgan fingerprint density at radius 1 is 1.31 bits per heavy atom. The number of carboxylic acids is 1. The van der Waals surface area contributed by atoms with Crippen molar-refractivity contribution >= 4 is 29.3 Å². The van der Waals surface area contributed by atoms with Gasteiger partial charge in [-0.3, -0.25) is 4.79 Å². The molecular weight excluding hydrogens is 358 g/mol. The molecule has 8 heteroatoms. The van der Waals surface area contributed by atoms with Crippen molar-refractivity contribution in [2.45, 2.75) is 12.8 Å². The van der Waals surface area contributed by atoms with Crippen molar-refractivity contribution in [1.82, 2.24) is 9.88 Å². The number of likely N-dealkylation sites (tertiary alicyclic amines) is 1. The lowest BCUT2D eigenvalue weighted by atomic mass is 9.99. The molecule has 7 nitrogen and oxygen atoms in total. The van der Waals surface area contributed by atoms with Crippen LogP contribution in [-0.4, -0.2) is 40.1 Å². The molecule has 1 fully saturated rings. The third-order valence-electron chi connectivity index (χ3n) is 4.10. The Labute approximate surface area is 155 Å². The van der Waals surface area contributed by atoms with E-state index in [9.17, 15) is 9.59 Å². The quantitative estimate of drug-likeness (QED) is 0.846. The Balaban J connectivity index is 1.66. The molecule has 26 heavy (non-hydrogen) atoms. The first-order valence-corrected chi connectivity index (χ1v) is 8.58. The van der Waals surface area contributed by atoms with Gasteiger partial charge in [-0.15, -0.1) is 0 Å². The molecular formula is C18H18ClN3O4. The van der Waals surface area contributed by atoms with E-state index >= 15 is 0 Å². The molecule has 1 atom stereocenters. The molecule has 1 unspecified atom stereocenters. The van der Waals surface area contributed by atoms with Gasteiger partial charge in [0, 0.05) is 31.0 Å². The van der Waals surface area contributed by atoms with Gasteiger partial charge in [-0.05, 0) is 31.0 Å². The predicted molar refractivity (Wildman–Crippen MR) is 96.7 cm³/mol. The second-order valence-corrected chi connectivity index (χ2v) is 6.38. The summed E-state index contributed by atoms with van der Waals surface area (Å²) in [5, 5.41) is 12.3. The molecule has 2 heterocycles. The van der Waals surface area contributed by atoms with Gasteiger partial charge in [0.15, 0.2) is 0 Å². The Kier molecular flexibility index (Phi) is 5.58. The van der Waals surface area contributed by atoms with Crippen LogP contribution in [0.2, 0.25) is 5.02 Å². The molecule has 1 aromatic carbocycles. The summed E-state index contributed by atoms with van der Waals surface area (Å²) in [6.07, 6.45) is 2.77. The van der Waals surface area contributed by atoms with Crippen molar-refractivity contribution in [3.8, 4) is 11.6 Å². The molecule has 2 amide bonds. The Morgan fingerprint density at radius 3 is 2.88 bits per heavy atom. The monoisotopic (exact) mass is 375 g/mol. The van der Waals surface area contributed by atoms with E-state index in [2.05, 4.69) is 10.3 Å². The largest absolute Gasteiger partial charge is 0.481 e.